The summed E-state index contributed by atoms with van der Waals surface area (Å²) < 4.78 is 6.76. The summed E-state index contributed by atoms with van der Waals surface area (Å²) in [4.78, 5) is 0. The lowest BCUT2D eigenvalue weighted by molar-refractivity contribution is 0.153. The first-order valence-corrected chi connectivity index (χ1v) is 15.1. The Labute approximate surface area is 225 Å². The van der Waals surface area contributed by atoms with Gasteiger partial charge in [0.15, 0.2) is 0 Å². The topological polar surface area (TPSA) is 49.7 Å². The quantitative estimate of drug-likeness (QED) is 0.383. The third-order valence-electron chi connectivity index (χ3n) is 10.7. The second-order valence-electron chi connectivity index (χ2n) is 12.7. The first kappa shape index (κ1) is 23.3. The van der Waals surface area contributed by atoms with Crippen LogP contribution in [-0.2, 0) is 32.1 Å². The molecule has 38 heavy (non-hydrogen) atoms. The minimum atomic E-state index is -0.288. The van der Waals surface area contributed by atoms with Crippen molar-refractivity contribution in [2.45, 2.75) is 94.7 Å². The molecular weight excluding hydrogens is 468 g/mol. The Morgan fingerprint density at radius 3 is 1.95 bits per heavy atom. The van der Waals surface area contributed by atoms with E-state index in [0.717, 1.165) is 43.1 Å². The van der Waals surface area contributed by atoms with Crippen molar-refractivity contribution in [3.63, 3.8) is 0 Å². The molecule has 4 aliphatic carbocycles. The molecule has 2 N–H and O–H groups in total. The Hall–Kier alpha value is -2.62. The lowest BCUT2D eigenvalue weighted by Crippen LogP contribution is -2.37. The summed E-state index contributed by atoms with van der Waals surface area (Å²) in [6.07, 6.45) is 10.9. The molecule has 1 aliphatic heterocycles. The Kier molecular flexibility index (Phi) is 5.49. The predicted molar refractivity (Wildman–Crippen MR) is 149 cm³/mol. The number of ether oxygens (including phenoxy) is 1. The van der Waals surface area contributed by atoms with Gasteiger partial charge in [-0.25, -0.2) is 0 Å². The van der Waals surface area contributed by atoms with Crippen molar-refractivity contribution >= 4 is 0 Å². The maximum absolute atomic E-state index is 10.8. The molecule has 3 aromatic carbocycles. The molecule has 1 saturated carbocycles. The maximum atomic E-state index is 10.8. The molecule has 5 atom stereocenters. The van der Waals surface area contributed by atoms with Crippen LogP contribution in [0, 0.1) is 11.8 Å². The highest BCUT2D eigenvalue weighted by atomic mass is 16.5. The zero-order valence-corrected chi connectivity index (χ0v) is 22.2. The first-order valence-electron chi connectivity index (χ1n) is 15.1. The van der Waals surface area contributed by atoms with Crippen LogP contribution < -0.4 is 4.74 Å². The normalized spacial score (nSPS) is 31.0. The summed E-state index contributed by atoms with van der Waals surface area (Å²) in [6, 6.07) is 18.2. The van der Waals surface area contributed by atoms with Gasteiger partial charge in [-0.05, 0) is 121 Å². The fourth-order valence-electron chi connectivity index (χ4n) is 9.08. The summed E-state index contributed by atoms with van der Waals surface area (Å²) in [7, 11) is 0. The minimum absolute atomic E-state index is 0.196. The van der Waals surface area contributed by atoms with E-state index in [-0.39, 0.29) is 18.1 Å². The summed E-state index contributed by atoms with van der Waals surface area (Å²) in [5.41, 5.74) is 11.2. The lowest BCUT2D eigenvalue weighted by atomic mass is 9.56. The third-order valence-corrected chi connectivity index (χ3v) is 10.7. The highest BCUT2D eigenvalue weighted by Crippen LogP contribution is 2.60. The number of benzene rings is 3. The Morgan fingerprint density at radius 2 is 1.26 bits per heavy atom. The number of rotatable bonds is 1. The highest BCUT2D eigenvalue weighted by Gasteiger charge is 2.47. The van der Waals surface area contributed by atoms with Gasteiger partial charge in [-0.3, -0.25) is 0 Å². The smallest absolute Gasteiger partial charge is 0.131 e. The van der Waals surface area contributed by atoms with E-state index < -0.39 is 0 Å². The van der Waals surface area contributed by atoms with Crippen LogP contribution in [0.25, 0.3) is 0 Å². The molecule has 8 rings (SSSR count). The van der Waals surface area contributed by atoms with Gasteiger partial charge in [0.2, 0.25) is 0 Å². The molecule has 3 aromatic rings. The number of aliphatic hydroxyl groups excluding tert-OH is 2. The van der Waals surface area contributed by atoms with Gasteiger partial charge in [0.05, 0.1) is 12.2 Å². The number of fused-ring (bicyclic) bond motifs is 8. The van der Waals surface area contributed by atoms with Crippen molar-refractivity contribution in [3.05, 3.63) is 93.0 Å². The van der Waals surface area contributed by atoms with Crippen molar-refractivity contribution in [2.75, 3.05) is 0 Å². The Bertz CT molecular complexity index is 1340. The zero-order chi connectivity index (χ0) is 25.4. The van der Waals surface area contributed by atoms with Crippen LogP contribution in [0.2, 0.25) is 0 Å². The number of hydrogen-bond donors (Lipinski definition) is 2. The molecule has 0 amide bonds. The van der Waals surface area contributed by atoms with Crippen molar-refractivity contribution in [2.24, 2.45) is 11.8 Å². The van der Waals surface area contributed by atoms with E-state index in [4.69, 9.17) is 4.74 Å². The highest BCUT2D eigenvalue weighted by molar-refractivity contribution is 5.64. The van der Waals surface area contributed by atoms with Crippen LogP contribution in [0.5, 0.6) is 11.5 Å². The average Bonchev–Trinajstić information content (AvgIpc) is 2.94. The number of hydrogen-bond acceptors (Lipinski definition) is 3. The average molecular weight is 507 g/mol. The Morgan fingerprint density at radius 1 is 0.632 bits per heavy atom. The van der Waals surface area contributed by atoms with Crippen molar-refractivity contribution in [1.82, 2.24) is 0 Å². The van der Waals surface area contributed by atoms with Crippen LogP contribution in [0.1, 0.15) is 94.9 Å². The van der Waals surface area contributed by atoms with Gasteiger partial charge in [-0.15, -0.1) is 0 Å². The van der Waals surface area contributed by atoms with Gasteiger partial charge in [0.25, 0.3) is 0 Å². The summed E-state index contributed by atoms with van der Waals surface area (Å²) in [5, 5.41) is 21.7. The van der Waals surface area contributed by atoms with Crippen LogP contribution in [0.4, 0.5) is 0 Å². The van der Waals surface area contributed by atoms with Gasteiger partial charge in [0, 0.05) is 17.0 Å². The minimum Gasteiger partial charge on any atom is -0.457 e. The van der Waals surface area contributed by atoms with E-state index in [1.165, 1.54) is 76.6 Å². The van der Waals surface area contributed by atoms with E-state index in [9.17, 15) is 10.2 Å². The zero-order valence-electron chi connectivity index (χ0n) is 22.2. The first-order chi connectivity index (χ1) is 18.7. The van der Waals surface area contributed by atoms with E-state index in [1.807, 2.05) is 0 Å². The maximum Gasteiger partial charge on any atom is 0.131 e. The molecule has 3 nitrogen and oxygen atoms in total. The molecule has 0 bridgehead atoms. The summed E-state index contributed by atoms with van der Waals surface area (Å²) in [5.74, 6) is 3.94. The Balaban J connectivity index is 1.42. The fourth-order valence-corrected chi connectivity index (χ4v) is 9.08. The van der Waals surface area contributed by atoms with Gasteiger partial charge in [0.1, 0.15) is 11.5 Å². The van der Waals surface area contributed by atoms with Gasteiger partial charge in [-0.1, -0.05) is 49.2 Å². The van der Waals surface area contributed by atoms with Crippen LogP contribution in [0.3, 0.4) is 0 Å². The third kappa shape index (κ3) is 3.54. The molecule has 0 spiro atoms. The molecule has 196 valence electrons. The fraction of sp³-hybridized carbons (Fsp3) is 0.486. The van der Waals surface area contributed by atoms with Crippen LogP contribution in [-0.4, -0.2) is 22.4 Å². The molecule has 0 saturated heterocycles. The number of aliphatic hydroxyl groups is 2. The van der Waals surface area contributed by atoms with Crippen molar-refractivity contribution in [3.8, 4) is 11.5 Å². The largest absolute Gasteiger partial charge is 0.457 e. The van der Waals surface area contributed by atoms with E-state index in [1.54, 1.807) is 0 Å². The molecule has 1 fully saturated rings. The van der Waals surface area contributed by atoms with Crippen LogP contribution >= 0.6 is 0 Å². The van der Waals surface area contributed by atoms with Crippen molar-refractivity contribution in [1.29, 1.82) is 0 Å². The van der Waals surface area contributed by atoms with E-state index in [0.29, 0.717) is 24.7 Å². The monoisotopic (exact) mass is 506 g/mol. The molecule has 3 heteroatoms. The summed E-state index contributed by atoms with van der Waals surface area (Å²) in [6.45, 7) is 0. The molecule has 1 heterocycles. The van der Waals surface area contributed by atoms with E-state index >= 15 is 0 Å². The van der Waals surface area contributed by atoms with Gasteiger partial charge in [-0.2, -0.15) is 0 Å². The van der Waals surface area contributed by atoms with Gasteiger partial charge >= 0.3 is 0 Å². The second kappa shape index (κ2) is 8.96. The standard InChI is InChI=1S/C35H38O3/c36-24-13-9-20-11-15-30-33(28(20)18-24)35(34-29-19-25(37)14-10-21(29)12-16-31(34)38-30)32-26-7-3-1-5-22(26)17-23-6-2-4-8-27(23)32/h1,3,5,7,11-12,15-16,23-25,27,32,35-37H,2,4,6,8-10,13-14,17-19H2. The van der Waals surface area contributed by atoms with Crippen LogP contribution in [0.15, 0.2) is 48.5 Å². The second-order valence-corrected chi connectivity index (χ2v) is 12.7. The molecule has 5 unspecified atom stereocenters. The van der Waals surface area contributed by atoms with Gasteiger partial charge < -0.3 is 14.9 Å². The molecule has 5 aliphatic rings. The SMILES string of the molecule is OC1CCc2ccc3c(c2C1)C(C1c2ccccc2CC2CCCCC21)c1c(ccc2c1CC(O)CC2)O3. The van der Waals surface area contributed by atoms with Crippen molar-refractivity contribution < 1.29 is 14.9 Å². The predicted octanol–water partition coefficient (Wildman–Crippen LogP) is 6.77. The molecular formula is C35H38O3. The lowest BCUT2D eigenvalue weighted by Gasteiger charge is -2.48. The molecule has 0 aromatic heterocycles. The van der Waals surface area contributed by atoms with E-state index in [2.05, 4.69) is 48.5 Å². The number of aryl methyl sites for hydroxylation is 2. The summed E-state index contributed by atoms with van der Waals surface area (Å²) >= 11 is 0. The molecule has 0 radical (unpaired) electrons.